The Morgan fingerprint density at radius 2 is 1.83 bits per heavy atom. The van der Waals surface area contributed by atoms with Crippen molar-refractivity contribution in [2.75, 3.05) is 0 Å². The van der Waals surface area contributed by atoms with Crippen LogP contribution < -0.4 is 10.9 Å². The summed E-state index contributed by atoms with van der Waals surface area (Å²) >= 11 is 0. The maximum Gasteiger partial charge on any atom is 0.349 e. The van der Waals surface area contributed by atoms with Gasteiger partial charge in [0.25, 0.3) is 5.91 Å². The van der Waals surface area contributed by atoms with Gasteiger partial charge in [-0.1, -0.05) is 55.0 Å². The van der Waals surface area contributed by atoms with Crippen LogP contribution in [0.1, 0.15) is 40.9 Å². The van der Waals surface area contributed by atoms with Gasteiger partial charge in [0.15, 0.2) is 0 Å². The minimum atomic E-state index is -0.620. The van der Waals surface area contributed by atoms with Crippen molar-refractivity contribution in [2.24, 2.45) is 0 Å². The number of rotatable bonds is 4. The van der Waals surface area contributed by atoms with Crippen LogP contribution in [-0.2, 0) is 0 Å². The lowest BCUT2D eigenvalue weighted by atomic mass is 10.0. The van der Waals surface area contributed by atoms with Crippen molar-refractivity contribution in [2.45, 2.75) is 26.3 Å². The number of amides is 1. The number of nitrogens with one attached hydrogen (secondary N) is 1. The Morgan fingerprint density at radius 3 is 2.54 bits per heavy atom. The highest BCUT2D eigenvalue weighted by Gasteiger charge is 2.18. The standard InChI is InChI=1S/C20H19NO3/c1-3-17(14-10-8-13(2)9-11-14)21-19(22)16-12-15-6-4-5-7-18(15)24-20(16)23/h4-12,17H,3H2,1-2H3,(H,21,22). The number of hydrogen-bond donors (Lipinski definition) is 1. The molecule has 0 fully saturated rings. The van der Waals surface area contributed by atoms with Gasteiger partial charge in [0.2, 0.25) is 0 Å². The fraction of sp³-hybridized carbons (Fsp3) is 0.200. The third kappa shape index (κ3) is 3.23. The Kier molecular flexibility index (Phi) is 4.47. The van der Waals surface area contributed by atoms with Crippen molar-refractivity contribution in [3.05, 3.63) is 81.7 Å². The SMILES string of the molecule is CCC(NC(=O)c1cc2ccccc2oc1=O)c1ccc(C)cc1. The first-order valence-electron chi connectivity index (χ1n) is 7.99. The zero-order valence-corrected chi connectivity index (χ0v) is 13.7. The lowest BCUT2D eigenvalue weighted by Gasteiger charge is -2.17. The molecule has 0 radical (unpaired) electrons. The van der Waals surface area contributed by atoms with Gasteiger partial charge < -0.3 is 9.73 Å². The number of carbonyl (C=O) groups is 1. The molecule has 2 aromatic carbocycles. The van der Waals surface area contributed by atoms with Crippen LogP contribution in [0.15, 0.2) is 63.8 Å². The molecule has 4 nitrogen and oxygen atoms in total. The van der Waals surface area contributed by atoms with Gasteiger partial charge in [-0.05, 0) is 31.0 Å². The van der Waals surface area contributed by atoms with E-state index in [4.69, 9.17) is 4.42 Å². The average molecular weight is 321 g/mol. The molecule has 0 aliphatic carbocycles. The Balaban J connectivity index is 1.89. The molecule has 1 atom stereocenters. The van der Waals surface area contributed by atoms with Crippen molar-refractivity contribution in [3.8, 4) is 0 Å². The number of benzene rings is 2. The van der Waals surface area contributed by atoms with Crippen LogP contribution in [0.4, 0.5) is 0 Å². The number of aryl methyl sites for hydroxylation is 1. The summed E-state index contributed by atoms with van der Waals surface area (Å²) in [6.07, 6.45) is 0.730. The van der Waals surface area contributed by atoms with Crippen LogP contribution in [-0.4, -0.2) is 5.91 Å². The van der Waals surface area contributed by atoms with Crippen LogP contribution in [0.2, 0.25) is 0 Å². The van der Waals surface area contributed by atoms with Crippen molar-refractivity contribution in [1.82, 2.24) is 5.32 Å². The molecule has 0 aliphatic rings. The Morgan fingerprint density at radius 1 is 1.12 bits per heavy atom. The molecule has 1 amide bonds. The Hall–Kier alpha value is -2.88. The third-order valence-electron chi connectivity index (χ3n) is 4.08. The molecule has 1 N–H and O–H groups in total. The maximum absolute atomic E-state index is 12.5. The van der Waals surface area contributed by atoms with Crippen LogP contribution in [0.3, 0.4) is 0 Å². The van der Waals surface area contributed by atoms with E-state index in [0.717, 1.165) is 22.9 Å². The molecule has 3 rings (SSSR count). The molecule has 4 heteroatoms. The summed E-state index contributed by atoms with van der Waals surface area (Å²) in [6.45, 7) is 4.01. The summed E-state index contributed by atoms with van der Waals surface area (Å²) < 4.78 is 5.23. The molecule has 1 heterocycles. The summed E-state index contributed by atoms with van der Waals surface area (Å²) in [5.74, 6) is -0.415. The lowest BCUT2D eigenvalue weighted by Crippen LogP contribution is -2.31. The summed E-state index contributed by atoms with van der Waals surface area (Å²) in [5.41, 5.74) is 2.06. The second-order valence-corrected chi connectivity index (χ2v) is 5.83. The van der Waals surface area contributed by atoms with Crippen LogP contribution in [0.25, 0.3) is 11.0 Å². The number of fused-ring (bicyclic) bond motifs is 1. The van der Waals surface area contributed by atoms with Crippen LogP contribution in [0.5, 0.6) is 0 Å². The minimum absolute atomic E-state index is 0.0271. The van der Waals surface area contributed by atoms with Gasteiger partial charge in [-0.2, -0.15) is 0 Å². The molecule has 0 aliphatic heterocycles. The quantitative estimate of drug-likeness (QED) is 0.739. The van der Waals surface area contributed by atoms with E-state index in [1.165, 1.54) is 0 Å². The van der Waals surface area contributed by atoms with Gasteiger partial charge >= 0.3 is 5.63 Å². The van der Waals surface area contributed by atoms with E-state index in [0.29, 0.717) is 5.58 Å². The van der Waals surface area contributed by atoms with Crippen molar-refractivity contribution in [1.29, 1.82) is 0 Å². The van der Waals surface area contributed by atoms with E-state index in [1.54, 1.807) is 18.2 Å². The van der Waals surface area contributed by atoms with E-state index >= 15 is 0 Å². The zero-order valence-electron chi connectivity index (χ0n) is 13.7. The molecule has 122 valence electrons. The second kappa shape index (κ2) is 6.71. The highest BCUT2D eigenvalue weighted by atomic mass is 16.4. The average Bonchev–Trinajstić information content (AvgIpc) is 2.59. The third-order valence-corrected chi connectivity index (χ3v) is 4.08. The fourth-order valence-electron chi connectivity index (χ4n) is 2.68. The largest absolute Gasteiger partial charge is 0.422 e. The summed E-state index contributed by atoms with van der Waals surface area (Å²) in [7, 11) is 0. The normalized spacial score (nSPS) is 12.1. The molecule has 0 spiro atoms. The topological polar surface area (TPSA) is 59.3 Å². The molecule has 1 aromatic heterocycles. The van der Waals surface area contributed by atoms with Crippen molar-refractivity contribution < 1.29 is 9.21 Å². The van der Waals surface area contributed by atoms with Gasteiger partial charge in [0.1, 0.15) is 11.1 Å². The predicted octanol–water partition coefficient (Wildman–Crippen LogP) is 3.98. The number of hydrogen-bond acceptors (Lipinski definition) is 3. The molecule has 24 heavy (non-hydrogen) atoms. The predicted molar refractivity (Wildman–Crippen MR) is 94.2 cm³/mol. The summed E-state index contributed by atoms with van der Waals surface area (Å²) in [4.78, 5) is 24.6. The summed E-state index contributed by atoms with van der Waals surface area (Å²) in [5, 5.41) is 3.65. The van der Waals surface area contributed by atoms with E-state index < -0.39 is 11.5 Å². The van der Waals surface area contributed by atoms with E-state index in [2.05, 4.69) is 5.32 Å². The van der Waals surface area contributed by atoms with Gasteiger partial charge in [-0.3, -0.25) is 4.79 Å². The first-order valence-corrected chi connectivity index (χ1v) is 7.99. The zero-order chi connectivity index (χ0) is 17.1. The minimum Gasteiger partial charge on any atom is -0.422 e. The smallest absolute Gasteiger partial charge is 0.349 e. The molecule has 0 bridgehead atoms. The van der Waals surface area contributed by atoms with Gasteiger partial charge in [-0.15, -0.1) is 0 Å². The van der Waals surface area contributed by atoms with Crippen LogP contribution >= 0.6 is 0 Å². The van der Waals surface area contributed by atoms with Crippen molar-refractivity contribution in [3.63, 3.8) is 0 Å². The highest BCUT2D eigenvalue weighted by Crippen LogP contribution is 2.18. The monoisotopic (exact) mass is 321 g/mol. The number of para-hydroxylation sites is 1. The van der Waals surface area contributed by atoms with Crippen molar-refractivity contribution >= 4 is 16.9 Å². The van der Waals surface area contributed by atoms with E-state index in [-0.39, 0.29) is 11.6 Å². The van der Waals surface area contributed by atoms with Crippen LogP contribution in [0, 0.1) is 6.92 Å². The molecule has 1 unspecified atom stereocenters. The molecular formula is C20H19NO3. The first-order chi connectivity index (χ1) is 11.6. The highest BCUT2D eigenvalue weighted by molar-refractivity contribution is 5.96. The van der Waals surface area contributed by atoms with E-state index in [1.807, 2.05) is 50.2 Å². The van der Waals surface area contributed by atoms with Gasteiger partial charge in [0, 0.05) is 5.39 Å². The maximum atomic E-state index is 12.5. The molecule has 0 saturated carbocycles. The van der Waals surface area contributed by atoms with Gasteiger partial charge in [0.05, 0.1) is 6.04 Å². The Labute approximate surface area is 140 Å². The fourth-order valence-corrected chi connectivity index (χ4v) is 2.68. The molecule has 3 aromatic rings. The van der Waals surface area contributed by atoms with E-state index in [9.17, 15) is 9.59 Å². The van der Waals surface area contributed by atoms with Gasteiger partial charge in [-0.25, -0.2) is 4.79 Å². The lowest BCUT2D eigenvalue weighted by molar-refractivity contribution is 0.0932. The molecular weight excluding hydrogens is 302 g/mol. The first kappa shape index (κ1) is 16.0. The number of carbonyl (C=O) groups excluding carboxylic acids is 1. The second-order valence-electron chi connectivity index (χ2n) is 5.83. The summed E-state index contributed by atoms with van der Waals surface area (Å²) in [6, 6.07) is 16.6. The molecule has 0 saturated heterocycles. The Bertz CT molecular complexity index is 926.